The number of esters is 1. The molecule has 0 amide bonds. The van der Waals surface area contributed by atoms with Gasteiger partial charge in [-0.2, -0.15) is 4.68 Å². The van der Waals surface area contributed by atoms with E-state index in [-0.39, 0.29) is 39.9 Å². The van der Waals surface area contributed by atoms with Crippen molar-refractivity contribution < 1.29 is 23.9 Å². The number of aromatic nitrogens is 2. The van der Waals surface area contributed by atoms with Crippen molar-refractivity contribution in [1.82, 2.24) is 9.36 Å². The predicted molar refractivity (Wildman–Crippen MR) is 88.3 cm³/mol. The third-order valence-electron chi connectivity index (χ3n) is 3.63. The minimum atomic E-state index is -0.722. The molecule has 0 saturated heterocycles. The van der Waals surface area contributed by atoms with Crippen molar-refractivity contribution in [2.45, 2.75) is 11.9 Å². The van der Waals surface area contributed by atoms with Gasteiger partial charge in [-0.25, -0.2) is 9.48 Å². The van der Waals surface area contributed by atoms with Crippen LogP contribution in [0, 0.1) is 5.41 Å². The van der Waals surface area contributed by atoms with Gasteiger partial charge in [0.2, 0.25) is 0 Å². The Balaban J connectivity index is 2.14. The van der Waals surface area contributed by atoms with Crippen LogP contribution in [-0.4, -0.2) is 46.6 Å². The molecule has 2 aromatic rings. The number of methoxy groups -OCH3 is 1. The van der Waals surface area contributed by atoms with Crippen molar-refractivity contribution in [3.05, 3.63) is 40.9 Å². The van der Waals surface area contributed by atoms with Gasteiger partial charge in [0.15, 0.2) is 5.49 Å². The van der Waals surface area contributed by atoms with Crippen LogP contribution in [-0.2, 0) is 4.74 Å². The Morgan fingerprint density at radius 1 is 1.28 bits per heavy atom. The van der Waals surface area contributed by atoms with E-state index < -0.39 is 11.9 Å². The van der Waals surface area contributed by atoms with Crippen molar-refractivity contribution >= 4 is 29.5 Å². The monoisotopic (exact) mass is 361 g/mol. The summed E-state index contributed by atoms with van der Waals surface area (Å²) in [5, 5.41) is 8.49. The topological polar surface area (TPSA) is 103 Å². The molecule has 0 spiro atoms. The molecule has 0 bridgehead atoms. The van der Waals surface area contributed by atoms with Gasteiger partial charge in [0, 0.05) is 5.56 Å². The summed E-state index contributed by atoms with van der Waals surface area (Å²) in [6, 6.07) is 6.27. The van der Waals surface area contributed by atoms with Crippen molar-refractivity contribution in [2.24, 2.45) is 0 Å². The molecule has 0 radical (unpaired) electrons. The first-order valence-corrected chi connectivity index (χ1v) is 8.42. The standard InChI is InChI=1S/C16H15N3O5S/c1-3-24-16(22)12-13(17)19(18-11(20)8-25-15(12)18)14(21)9-4-6-10(23-2)7-5-9/h4-7,17H,3,8H2,1-2H3. The fourth-order valence-electron chi connectivity index (χ4n) is 2.49. The Labute approximate surface area is 146 Å². The van der Waals surface area contributed by atoms with Crippen LogP contribution >= 0.6 is 11.8 Å². The molecule has 8 nitrogen and oxygen atoms in total. The second-order valence-corrected chi connectivity index (χ2v) is 6.05. The molecule has 9 heteroatoms. The predicted octanol–water partition coefficient (Wildman–Crippen LogP) is 1.39. The van der Waals surface area contributed by atoms with E-state index in [9.17, 15) is 14.4 Å². The van der Waals surface area contributed by atoms with Crippen LogP contribution in [0.4, 0.5) is 0 Å². The summed E-state index contributed by atoms with van der Waals surface area (Å²) >= 11 is 1.11. The first-order chi connectivity index (χ1) is 12.0. The zero-order valence-corrected chi connectivity index (χ0v) is 14.4. The molecule has 0 unspecified atom stereocenters. The fourth-order valence-corrected chi connectivity index (χ4v) is 3.50. The summed E-state index contributed by atoms with van der Waals surface area (Å²) in [4.78, 5) is 37.2. The molecule has 1 aliphatic rings. The first kappa shape index (κ1) is 17.0. The van der Waals surface area contributed by atoms with Crippen LogP contribution in [0.5, 0.6) is 5.75 Å². The highest BCUT2D eigenvalue weighted by Crippen LogP contribution is 2.29. The maximum absolute atomic E-state index is 12.8. The lowest BCUT2D eigenvalue weighted by molar-refractivity contribution is 0.0520. The second kappa shape index (κ2) is 6.60. The van der Waals surface area contributed by atoms with Gasteiger partial charge in [0.25, 0.3) is 11.8 Å². The highest BCUT2D eigenvalue weighted by atomic mass is 32.2. The van der Waals surface area contributed by atoms with Crippen LogP contribution in [0.2, 0.25) is 0 Å². The molecule has 0 fully saturated rings. The molecule has 3 rings (SSSR count). The number of carbonyl (C=O) groups is 3. The summed E-state index contributed by atoms with van der Waals surface area (Å²) in [5.41, 5.74) is -0.172. The van der Waals surface area contributed by atoms with Gasteiger partial charge < -0.3 is 9.47 Å². The van der Waals surface area contributed by atoms with Gasteiger partial charge in [-0.3, -0.25) is 15.0 Å². The fraction of sp³-hybridized carbons (Fsp3) is 0.250. The van der Waals surface area contributed by atoms with Gasteiger partial charge in [0.1, 0.15) is 16.3 Å². The normalized spacial score (nSPS) is 12.8. The van der Waals surface area contributed by atoms with Crippen molar-refractivity contribution in [3.8, 4) is 5.75 Å². The average molecular weight is 361 g/mol. The van der Waals surface area contributed by atoms with E-state index in [1.54, 1.807) is 19.1 Å². The largest absolute Gasteiger partial charge is 0.497 e. The number of hydrogen-bond donors (Lipinski definition) is 1. The number of nitrogens with zero attached hydrogens (tertiary/aromatic N) is 2. The van der Waals surface area contributed by atoms with Crippen molar-refractivity contribution in [2.75, 3.05) is 19.5 Å². The van der Waals surface area contributed by atoms with Gasteiger partial charge in [-0.05, 0) is 31.2 Å². The van der Waals surface area contributed by atoms with E-state index >= 15 is 0 Å². The van der Waals surface area contributed by atoms with Crippen molar-refractivity contribution in [3.63, 3.8) is 0 Å². The minimum absolute atomic E-state index is 0.0699. The van der Waals surface area contributed by atoms with Crippen LogP contribution in [0.1, 0.15) is 32.4 Å². The SMILES string of the molecule is CCOC(=O)c1c2n(n(C(=O)c3ccc(OC)cc3)c1=N)C(=O)CS2. The average Bonchev–Trinajstić information content (AvgIpc) is 3.11. The Bertz CT molecular complexity index is 926. The molecule has 1 aromatic carbocycles. The minimum Gasteiger partial charge on any atom is -0.497 e. The zero-order valence-electron chi connectivity index (χ0n) is 13.6. The Morgan fingerprint density at radius 2 is 1.96 bits per heavy atom. The summed E-state index contributed by atoms with van der Waals surface area (Å²) < 4.78 is 12.0. The lowest BCUT2D eigenvalue weighted by Gasteiger charge is -2.07. The van der Waals surface area contributed by atoms with E-state index in [2.05, 4.69) is 0 Å². The highest BCUT2D eigenvalue weighted by Gasteiger charge is 2.34. The molecule has 130 valence electrons. The number of nitrogens with one attached hydrogen (secondary N) is 1. The number of thioether (sulfide) groups is 1. The quantitative estimate of drug-likeness (QED) is 0.826. The maximum Gasteiger partial charge on any atom is 0.344 e. The third kappa shape index (κ3) is 2.76. The van der Waals surface area contributed by atoms with Crippen LogP contribution < -0.4 is 10.2 Å². The highest BCUT2D eigenvalue weighted by molar-refractivity contribution is 8.00. The Kier molecular flexibility index (Phi) is 4.49. The Morgan fingerprint density at radius 3 is 2.56 bits per heavy atom. The molecular formula is C16H15N3O5S. The second-order valence-electron chi connectivity index (χ2n) is 5.09. The van der Waals surface area contributed by atoms with Crippen LogP contribution in [0.15, 0.2) is 29.3 Å². The zero-order chi connectivity index (χ0) is 18.1. The smallest absolute Gasteiger partial charge is 0.344 e. The molecule has 0 atom stereocenters. The summed E-state index contributed by atoms with van der Waals surface area (Å²) in [6.45, 7) is 1.78. The van der Waals surface area contributed by atoms with Gasteiger partial charge >= 0.3 is 5.97 Å². The van der Waals surface area contributed by atoms with E-state index in [0.717, 1.165) is 21.1 Å². The van der Waals surface area contributed by atoms with Crippen LogP contribution in [0.3, 0.4) is 0 Å². The molecule has 1 N–H and O–H groups in total. The number of ether oxygens (including phenoxy) is 2. The lowest BCUT2D eigenvalue weighted by atomic mass is 10.2. The molecule has 2 heterocycles. The van der Waals surface area contributed by atoms with Gasteiger partial charge in [-0.15, -0.1) is 0 Å². The van der Waals surface area contributed by atoms with E-state index in [1.807, 2.05) is 0 Å². The van der Waals surface area contributed by atoms with E-state index in [0.29, 0.717) is 5.75 Å². The summed E-state index contributed by atoms with van der Waals surface area (Å²) in [6.07, 6.45) is 0. The number of hydrogen-bond acceptors (Lipinski definition) is 7. The third-order valence-corrected chi connectivity index (χ3v) is 4.67. The summed E-state index contributed by atoms with van der Waals surface area (Å²) in [7, 11) is 1.51. The van der Waals surface area contributed by atoms with E-state index in [1.165, 1.54) is 19.2 Å². The molecule has 25 heavy (non-hydrogen) atoms. The lowest BCUT2D eigenvalue weighted by Crippen LogP contribution is -2.34. The van der Waals surface area contributed by atoms with Gasteiger partial charge in [-0.1, -0.05) is 11.8 Å². The maximum atomic E-state index is 12.8. The Hall–Kier alpha value is -2.81. The first-order valence-electron chi connectivity index (χ1n) is 7.44. The molecule has 1 aromatic heterocycles. The van der Waals surface area contributed by atoms with E-state index in [4.69, 9.17) is 14.9 Å². The molecule has 1 aliphatic heterocycles. The number of carbonyl (C=O) groups excluding carboxylic acids is 3. The molecular weight excluding hydrogens is 346 g/mol. The molecule has 0 saturated carbocycles. The van der Waals surface area contributed by atoms with Crippen LogP contribution in [0.25, 0.3) is 0 Å². The number of rotatable bonds is 4. The number of fused-ring (bicyclic) bond motifs is 1. The summed E-state index contributed by atoms with van der Waals surface area (Å²) in [5.74, 6) is -1.00. The number of benzene rings is 1. The van der Waals surface area contributed by atoms with Crippen molar-refractivity contribution in [1.29, 1.82) is 5.41 Å². The molecule has 0 aliphatic carbocycles. The van der Waals surface area contributed by atoms with Gasteiger partial charge in [0.05, 0.1) is 19.5 Å².